The quantitative estimate of drug-likeness (QED) is 0.724. The van der Waals surface area contributed by atoms with Gasteiger partial charge in [0, 0.05) is 12.6 Å². The Hall–Kier alpha value is -1.96. The molecule has 0 aliphatic carbocycles. The number of azo groups is 1. The third-order valence-electron chi connectivity index (χ3n) is 2.52. The minimum atomic E-state index is 0.879. The van der Waals surface area contributed by atoms with Gasteiger partial charge in [0.15, 0.2) is 0 Å². The first-order valence-electron chi connectivity index (χ1n) is 5.99. The van der Waals surface area contributed by atoms with Crippen LogP contribution in [0.3, 0.4) is 0 Å². The highest BCUT2D eigenvalue weighted by molar-refractivity contribution is 5.64. The molecule has 0 saturated carbocycles. The first-order chi connectivity index (χ1) is 8.58. The Morgan fingerprint density at radius 2 is 2.00 bits per heavy atom. The van der Waals surface area contributed by atoms with Crippen molar-refractivity contribution in [2.45, 2.75) is 20.8 Å². The van der Waals surface area contributed by atoms with Crippen LogP contribution in [0.4, 0.5) is 0 Å². The Morgan fingerprint density at radius 3 is 2.56 bits per heavy atom. The fourth-order valence-electron chi connectivity index (χ4n) is 1.56. The van der Waals surface area contributed by atoms with Gasteiger partial charge in [-0.2, -0.15) is 10.2 Å². The molecule has 0 atom stereocenters. The fourth-order valence-corrected chi connectivity index (χ4v) is 1.56. The molecule has 0 spiro atoms. The molecule has 0 fully saturated rings. The minimum Gasteiger partial charge on any atom is -0.192 e. The molecular weight excluding hydrogens is 220 g/mol. The van der Waals surface area contributed by atoms with Gasteiger partial charge in [0.05, 0.1) is 5.70 Å². The third-order valence-corrected chi connectivity index (χ3v) is 2.52. The molecule has 0 N–H and O–H groups in total. The van der Waals surface area contributed by atoms with Gasteiger partial charge in [-0.15, -0.1) is 0 Å². The monoisotopic (exact) mass is 240 g/mol. The van der Waals surface area contributed by atoms with E-state index in [9.17, 15) is 0 Å². The third kappa shape index (κ3) is 3.81. The lowest BCUT2D eigenvalue weighted by Gasteiger charge is -2.00. The molecule has 0 radical (unpaired) electrons. The average Bonchev–Trinajstić information content (AvgIpc) is 2.35. The first kappa shape index (κ1) is 14.1. The SMILES string of the molecule is C=c1ccc(/C(=C/C)N=NC)c/c1=C/C=C(C)C. The number of benzene rings is 1. The summed E-state index contributed by atoms with van der Waals surface area (Å²) in [5, 5.41) is 10.1. The van der Waals surface area contributed by atoms with E-state index in [4.69, 9.17) is 0 Å². The highest BCUT2D eigenvalue weighted by Gasteiger charge is 1.98. The lowest BCUT2D eigenvalue weighted by Crippen LogP contribution is -2.22. The van der Waals surface area contributed by atoms with Crippen LogP contribution in [0, 0.1) is 0 Å². The van der Waals surface area contributed by atoms with Crippen LogP contribution in [-0.2, 0) is 0 Å². The van der Waals surface area contributed by atoms with Crippen molar-refractivity contribution in [3.05, 3.63) is 51.9 Å². The summed E-state index contributed by atoms with van der Waals surface area (Å²) >= 11 is 0. The maximum absolute atomic E-state index is 4.12. The van der Waals surface area contributed by atoms with Crippen LogP contribution in [0.5, 0.6) is 0 Å². The predicted octanol–water partition coefficient (Wildman–Crippen LogP) is 3.29. The second-order valence-electron chi connectivity index (χ2n) is 4.30. The summed E-state index contributed by atoms with van der Waals surface area (Å²) in [7, 11) is 1.68. The highest BCUT2D eigenvalue weighted by atomic mass is 15.1. The lowest BCUT2D eigenvalue weighted by atomic mass is 10.1. The minimum absolute atomic E-state index is 0.879. The molecule has 1 aromatic carbocycles. The van der Waals surface area contributed by atoms with Crippen molar-refractivity contribution in [1.82, 2.24) is 0 Å². The number of rotatable bonds is 3. The van der Waals surface area contributed by atoms with Crippen molar-refractivity contribution in [1.29, 1.82) is 0 Å². The van der Waals surface area contributed by atoms with Gasteiger partial charge in [-0.1, -0.05) is 42.5 Å². The number of hydrogen-bond acceptors (Lipinski definition) is 2. The zero-order valence-electron chi connectivity index (χ0n) is 11.6. The van der Waals surface area contributed by atoms with Gasteiger partial charge in [0.1, 0.15) is 0 Å². The zero-order chi connectivity index (χ0) is 13.5. The second kappa shape index (κ2) is 6.70. The molecule has 0 aliphatic rings. The van der Waals surface area contributed by atoms with E-state index in [0.717, 1.165) is 21.7 Å². The van der Waals surface area contributed by atoms with Crippen LogP contribution in [0.25, 0.3) is 18.4 Å². The van der Waals surface area contributed by atoms with E-state index in [2.05, 4.69) is 48.9 Å². The number of allylic oxidation sites excluding steroid dienone is 3. The van der Waals surface area contributed by atoms with Crippen LogP contribution >= 0.6 is 0 Å². The van der Waals surface area contributed by atoms with Gasteiger partial charge in [-0.3, -0.25) is 0 Å². The summed E-state index contributed by atoms with van der Waals surface area (Å²) in [6.45, 7) is 10.1. The summed E-state index contributed by atoms with van der Waals surface area (Å²) in [4.78, 5) is 0. The van der Waals surface area contributed by atoms with Gasteiger partial charge >= 0.3 is 0 Å². The molecule has 2 heteroatoms. The van der Waals surface area contributed by atoms with E-state index >= 15 is 0 Å². The molecular formula is C16H20N2. The molecule has 0 aliphatic heterocycles. The van der Waals surface area contributed by atoms with E-state index in [1.165, 1.54) is 5.57 Å². The Balaban J connectivity index is 3.37. The summed E-state index contributed by atoms with van der Waals surface area (Å²) in [5.41, 5.74) is 3.20. The van der Waals surface area contributed by atoms with E-state index in [1.54, 1.807) is 7.05 Å². The topological polar surface area (TPSA) is 24.7 Å². The molecule has 1 aromatic rings. The standard InChI is InChI=1S/C16H20N2/c1-6-16(18-17-5)15-10-8-13(4)14(11-15)9-7-12(2)3/h6-11H,4H2,1-3,5H3/b14-9-,16-6-,18-17?. The molecule has 0 bridgehead atoms. The Kier molecular flexibility index (Phi) is 5.25. The molecule has 0 heterocycles. The molecule has 18 heavy (non-hydrogen) atoms. The van der Waals surface area contributed by atoms with Crippen LogP contribution < -0.4 is 10.4 Å². The maximum atomic E-state index is 4.12. The predicted molar refractivity (Wildman–Crippen MR) is 79.5 cm³/mol. The van der Waals surface area contributed by atoms with Crippen LogP contribution in [0.1, 0.15) is 26.3 Å². The van der Waals surface area contributed by atoms with E-state index in [1.807, 2.05) is 25.1 Å². The average molecular weight is 240 g/mol. The second-order valence-corrected chi connectivity index (χ2v) is 4.30. The van der Waals surface area contributed by atoms with Gasteiger partial charge < -0.3 is 0 Å². The molecule has 0 saturated heterocycles. The molecule has 1 rings (SSSR count). The van der Waals surface area contributed by atoms with Crippen molar-refractivity contribution in [2.24, 2.45) is 10.2 Å². The number of nitrogens with zero attached hydrogens (tertiary/aromatic N) is 2. The Labute approximate surface area is 109 Å². The number of hydrogen-bond donors (Lipinski definition) is 0. The van der Waals surface area contributed by atoms with Gasteiger partial charge in [0.25, 0.3) is 0 Å². The molecule has 94 valence electrons. The van der Waals surface area contributed by atoms with Crippen LogP contribution in [0.15, 0.2) is 46.2 Å². The maximum Gasteiger partial charge on any atom is 0.0882 e. The fraction of sp³-hybridized carbons (Fsp3) is 0.250. The Bertz CT molecular complexity index is 600. The van der Waals surface area contributed by atoms with Gasteiger partial charge in [-0.25, -0.2) is 0 Å². The molecule has 0 amide bonds. The van der Waals surface area contributed by atoms with E-state index in [0.29, 0.717) is 0 Å². The van der Waals surface area contributed by atoms with Crippen molar-refractivity contribution >= 4 is 18.4 Å². The van der Waals surface area contributed by atoms with Crippen LogP contribution in [-0.4, -0.2) is 7.05 Å². The summed E-state index contributed by atoms with van der Waals surface area (Å²) in [5.74, 6) is 0. The van der Waals surface area contributed by atoms with Crippen molar-refractivity contribution in [3.63, 3.8) is 0 Å². The smallest absolute Gasteiger partial charge is 0.0882 e. The van der Waals surface area contributed by atoms with E-state index < -0.39 is 0 Å². The summed E-state index contributed by atoms with van der Waals surface area (Å²) < 4.78 is 0. The normalized spacial score (nSPS) is 13.1. The molecule has 2 nitrogen and oxygen atoms in total. The van der Waals surface area contributed by atoms with Gasteiger partial charge in [-0.05, 0) is 37.3 Å². The molecule has 0 aromatic heterocycles. The van der Waals surface area contributed by atoms with Crippen molar-refractivity contribution in [2.75, 3.05) is 7.05 Å². The lowest BCUT2D eigenvalue weighted by molar-refractivity contribution is 1.17. The zero-order valence-corrected chi connectivity index (χ0v) is 11.6. The summed E-state index contributed by atoms with van der Waals surface area (Å²) in [6, 6.07) is 6.12. The van der Waals surface area contributed by atoms with Crippen LogP contribution in [0.2, 0.25) is 0 Å². The van der Waals surface area contributed by atoms with Crippen molar-refractivity contribution < 1.29 is 0 Å². The van der Waals surface area contributed by atoms with E-state index in [-0.39, 0.29) is 0 Å². The first-order valence-corrected chi connectivity index (χ1v) is 5.99. The highest BCUT2D eigenvalue weighted by Crippen LogP contribution is 2.12. The van der Waals surface area contributed by atoms with Crippen molar-refractivity contribution in [3.8, 4) is 0 Å². The largest absolute Gasteiger partial charge is 0.192 e. The Morgan fingerprint density at radius 1 is 1.28 bits per heavy atom. The van der Waals surface area contributed by atoms with Gasteiger partial charge in [0.2, 0.25) is 0 Å². The molecule has 0 unspecified atom stereocenters. The summed E-state index contributed by atoms with van der Waals surface area (Å²) in [6.07, 6.45) is 6.12.